The Morgan fingerprint density at radius 2 is 1.91 bits per heavy atom. The number of hydrogen-bond donors (Lipinski definition) is 0. The molecule has 0 amide bonds. The van der Waals surface area contributed by atoms with Gasteiger partial charge in [-0.1, -0.05) is 36.9 Å². The van der Waals surface area contributed by atoms with E-state index in [9.17, 15) is 0 Å². The first-order chi connectivity index (χ1) is 5.34. The molecule has 0 aromatic heterocycles. The van der Waals surface area contributed by atoms with Gasteiger partial charge in [-0.25, -0.2) is 0 Å². The zero-order chi connectivity index (χ0) is 8.10. The molecule has 0 saturated heterocycles. The molecule has 0 fully saturated rings. The van der Waals surface area contributed by atoms with E-state index in [0.717, 1.165) is 11.1 Å². The molecule has 0 saturated carbocycles. The van der Waals surface area contributed by atoms with Crippen LogP contribution in [0.4, 0.5) is 0 Å². The van der Waals surface area contributed by atoms with Crippen molar-refractivity contribution >= 4 is 12.3 Å². The van der Waals surface area contributed by atoms with Crippen LogP contribution in [0.2, 0.25) is 0 Å². The first-order valence-corrected chi connectivity index (χ1v) is 3.50. The van der Waals surface area contributed by atoms with Gasteiger partial charge < -0.3 is 0 Å². The van der Waals surface area contributed by atoms with Crippen LogP contribution in [0, 0.1) is 0 Å². The molecule has 1 nitrogen and oxygen atoms in total. The number of rotatable bonds is 3. The minimum atomic E-state index is 0.615. The lowest BCUT2D eigenvalue weighted by Crippen LogP contribution is -1.84. The van der Waals surface area contributed by atoms with Crippen molar-refractivity contribution < 1.29 is 0 Å². The van der Waals surface area contributed by atoms with Gasteiger partial charge in [-0.15, -0.1) is 0 Å². The summed E-state index contributed by atoms with van der Waals surface area (Å²) >= 11 is 0. The van der Waals surface area contributed by atoms with Crippen LogP contribution < -0.4 is 0 Å². The van der Waals surface area contributed by atoms with Crippen molar-refractivity contribution in [3.8, 4) is 0 Å². The fourth-order valence-electron chi connectivity index (χ4n) is 0.900. The number of aliphatic imine (C=N–C) groups is 1. The fourth-order valence-corrected chi connectivity index (χ4v) is 0.900. The Hall–Kier alpha value is -1.37. The van der Waals surface area contributed by atoms with Gasteiger partial charge in [0.25, 0.3) is 0 Å². The Labute approximate surface area is 67.1 Å². The van der Waals surface area contributed by atoms with E-state index in [1.807, 2.05) is 30.3 Å². The summed E-state index contributed by atoms with van der Waals surface area (Å²) in [7, 11) is 0. The summed E-state index contributed by atoms with van der Waals surface area (Å²) in [5.41, 5.74) is 2.15. The van der Waals surface area contributed by atoms with E-state index in [2.05, 4.69) is 18.3 Å². The van der Waals surface area contributed by atoms with E-state index in [0.29, 0.717) is 6.54 Å². The Balaban J connectivity index is 2.77. The molecule has 11 heavy (non-hydrogen) atoms. The smallest absolute Gasteiger partial charge is 0.0632 e. The summed E-state index contributed by atoms with van der Waals surface area (Å²) in [5.74, 6) is 0. The van der Waals surface area contributed by atoms with E-state index in [-0.39, 0.29) is 0 Å². The van der Waals surface area contributed by atoms with Gasteiger partial charge in [0.1, 0.15) is 0 Å². The summed E-state index contributed by atoms with van der Waals surface area (Å²) in [6.07, 6.45) is 0. The molecule has 0 aliphatic carbocycles. The van der Waals surface area contributed by atoms with E-state index in [1.165, 1.54) is 0 Å². The van der Waals surface area contributed by atoms with Gasteiger partial charge in [-0.05, 0) is 17.9 Å². The van der Waals surface area contributed by atoms with Crippen LogP contribution in [0.5, 0.6) is 0 Å². The van der Waals surface area contributed by atoms with Gasteiger partial charge in [0, 0.05) is 0 Å². The highest BCUT2D eigenvalue weighted by molar-refractivity contribution is 5.65. The highest BCUT2D eigenvalue weighted by Gasteiger charge is 1.93. The predicted molar refractivity (Wildman–Crippen MR) is 49.9 cm³/mol. The summed E-state index contributed by atoms with van der Waals surface area (Å²) < 4.78 is 0. The normalized spacial score (nSPS) is 9.09. The SMILES string of the molecule is C=NCC(=C)c1ccccc1. The predicted octanol–water partition coefficient (Wildman–Crippen LogP) is 2.40. The molecule has 1 aromatic carbocycles. The maximum absolute atomic E-state index is 3.88. The van der Waals surface area contributed by atoms with Crippen molar-refractivity contribution in [1.29, 1.82) is 0 Å². The van der Waals surface area contributed by atoms with Gasteiger partial charge >= 0.3 is 0 Å². The largest absolute Gasteiger partial charge is 0.296 e. The quantitative estimate of drug-likeness (QED) is 0.579. The van der Waals surface area contributed by atoms with Crippen LogP contribution in [-0.4, -0.2) is 13.3 Å². The van der Waals surface area contributed by atoms with Gasteiger partial charge in [0.15, 0.2) is 0 Å². The summed E-state index contributed by atoms with van der Waals surface area (Å²) in [6, 6.07) is 10.0. The molecule has 1 rings (SSSR count). The van der Waals surface area contributed by atoms with Crippen molar-refractivity contribution in [3.05, 3.63) is 42.5 Å². The lowest BCUT2D eigenvalue weighted by Gasteiger charge is -1.99. The van der Waals surface area contributed by atoms with Crippen LogP contribution in [0.1, 0.15) is 5.56 Å². The van der Waals surface area contributed by atoms with Crippen LogP contribution in [0.15, 0.2) is 41.9 Å². The molecule has 1 heteroatoms. The molecule has 56 valence electrons. The van der Waals surface area contributed by atoms with E-state index in [1.54, 1.807) is 0 Å². The second-order valence-corrected chi connectivity index (χ2v) is 2.35. The van der Waals surface area contributed by atoms with Crippen molar-refractivity contribution in [1.82, 2.24) is 0 Å². The third kappa shape index (κ3) is 2.04. The highest BCUT2D eigenvalue weighted by Crippen LogP contribution is 2.10. The van der Waals surface area contributed by atoms with Gasteiger partial charge in [-0.2, -0.15) is 0 Å². The van der Waals surface area contributed by atoms with Crippen LogP contribution in [-0.2, 0) is 0 Å². The Morgan fingerprint density at radius 1 is 1.27 bits per heavy atom. The van der Waals surface area contributed by atoms with Gasteiger partial charge in [0.2, 0.25) is 0 Å². The lowest BCUT2D eigenvalue weighted by molar-refractivity contribution is 1.28. The Kier molecular flexibility index (Phi) is 2.61. The molecule has 0 radical (unpaired) electrons. The van der Waals surface area contributed by atoms with E-state index >= 15 is 0 Å². The molecule has 0 bridgehead atoms. The Morgan fingerprint density at radius 3 is 2.45 bits per heavy atom. The average Bonchev–Trinajstić information content (AvgIpc) is 2.07. The zero-order valence-corrected chi connectivity index (χ0v) is 6.46. The summed E-state index contributed by atoms with van der Waals surface area (Å²) in [5, 5.41) is 0. The van der Waals surface area contributed by atoms with Crippen LogP contribution in [0.3, 0.4) is 0 Å². The second-order valence-electron chi connectivity index (χ2n) is 2.35. The molecule has 0 N–H and O–H groups in total. The van der Waals surface area contributed by atoms with Crippen molar-refractivity contribution in [2.24, 2.45) is 4.99 Å². The first-order valence-electron chi connectivity index (χ1n) is 3.50. The first kappa shape index (κ1) is 7.73. The summed E-state index contributed by atoms with van der Waals surface area (Å²) in [6.45, 7) is 7.91. The summed E-state index contributed by atoms with van der Waals surface area (Å²) in [4.78, 5) is 3.76. The van der Waals surface area contributed by atoms with Gasteiger partial charge in [-0.3, -0.25) is 4.99 Å². The van der Waals surface area contributed by atoms with Gasteiger partial charge in [0.05, 0.1) is 6.54 Å². The third-order valence-electron chi connectivity index (χ3n) is 1.48. The lowest BCUT2D eigenvalue weighted by atomic mass is 10.1. The standard InChI is InChI=1S/C10H11N/c1-9(8-11-2)10-6-4-3-5-7-10/h3-7H,1-2,8H2. The molecular formula is C10H11N. The molecular weight excluding hydrogens is 134 g/mol. The zero-order valence-electron chi connectivity index (χ0n) is 6.46. The van der Waals surface area contributed by atoms with Crippen LogP contribution in [0.25, 0.3) is 5.57 Å². The molecule has 0 aliphatic heterocycles. The molecule has 1 aromatic rings. The Bertz CT molecular complexity index is 249. The van der Waals surface area contributed by atoms with Crippen molar-refractivity contribution in [3.63, 3.8) is 0 Å². The maximum atomic E-state index is 3.88. The topological polar surface area (TPSA) is 12.4 Å². The fraction of sp³-hybridized carbons (Fsp3) is 0.100. The van der Waals surface area contributed by atoms with Crippen molar-refractivity contribution in [2.75, 3.05) is 6.54 Å². The molecule has 0 aliphatic rings. The average molecular weight is 145 g/mol. The molecule has 0 heterocycles. The van der Waals surface area contributed by atoms with Crippen molar-refractivity contribution in [2.45, 2.75) is 0 Å². The monoisotopic (exact) mass is 145 g/mol. The number of benzene rings is 1. The number of hydrogen-bond acceptors (Lipinski definition) is 1. The van der Waals surface area contributed by atoms with Crippen LogP contribution >= 0.6 is 0 Å². The van der Waals surface area contributed by atoms with E-state index < -0.39 is 0 Å². The number of nitrogens with zero attached hydrogens (tertiary/aromatic N) is 1. The molecule has 0 atom stereocenters. The minimum absolute atomic E-state index is 0.615. The third-order valence-corrected chi connectivity index (χ3v) is 1.48. The maximum Gasteiger partial charge on any atom is 0.0632 e. The minimum Gasteiger partial charge on any atom is -0.296 e. The second kappa shape index (κ2) is 3.71. The highest BCUT2D eigenvalue weighted by atomic mass is 14.7. The van der Waals surface area contributed by atoms with E-state index in [4.69, 9.17) is 0 Å². The molecule has 0 spiro atoms. The molecule has 0 unspecified atom stereocenters.